The number of hydrogen-bond donors (Lipinski definition) is 1. The predicted molar refractivity (Wildman–Crippen MR) is 70.6 cm³/mol. The first-order valence-electron chi connectivity index (χ1n) is 5.58. The Hall–Kier alpha value is -0.910. The fourth-order valence-corrected chi connectivity index (χ4v) is 1.93. The van der Waals surface area contributed by atoms with Crippen molar-refractivity contribution in [3.63, 3.8) is 0 Å². The van der Waals surface area contributed by atoms with Crippen LogP contribution in [0.3, 0.4) is 0 Å². The van der Waals surface area contributed by atoms with Gasteiger partial charge in [-0.15, -0.1) is 17.7 Å². The van der Waals surface area contributed by atoms with Gasteiger partial charge in [0, 0.05) is 17.1 Å². The Morgan fingerprint density at radius 1 is 1.31 bits per heavy atom. The molecule has 1 nitrogen and oxygen atoms in total. The summed E-state index contributed by atoms with van der Waals surface area (Å²) in [5, 5.41) is 9.60. The number of rotatable bonds is 4. The van der Waals surface area contributed by atoms with Crippen molar-refractivity contribution in [3.8, 4) is 11.8 Å². The van der Waals surface area contributed by atoms with Crippen molar-refractivity contribution in [1.82, 2.24) is 0 Å². The summed E-state index contributed by atoms with van der Waals surface area (Å²) in [4.78, 5) is 1.18. The quantitative estimate of drug-likeness (QED) is 0.637. The number of benzene rings is 1. The molecule has 0 heterocycles. The van der Waals surface area contributed by atoms with E-state index in [1.54, 1.807) is 11.8 Å². The lowest BCUT2D eigenvalue weighted by atomic mass is 10.2. The van der Waals surface area contributed by atoms with E-state index in [0.29, 0.717) is 5.75 Å². The highest BCUT2D eigenvalue weighted by molar-refractivity contribution is 7.99. The summed E-state index contributed by atoms with van der Waals surface area (Å²) >= 11 is 1.64. The van der Waals surface area contributed by atoms with Crippen molar-refractivity contribution in [3.05, 3.63) is 29.8 Å². The predicted octanol–water partition coefficient (Wildman–Crippen LogP) is 3.25. The highest BCUT2D eigenvalue weighted by Gasteiger charge is 2.00. The van der Waals surface area contributed by atoms with Crippen molar-refractivity contribution < 1.29 is 5.11 Å². The van der Waals surface area contributed by atoms with Crippen LogP contribution in [0, 0.1) is 18.8 Å². The third kappa shape index (κ3) is 5.25. The van der Waals surface area contributed by atoms with Gasteiger partial charge in [0.2, 0.25) is 0 Å². The average molecular weight is 234 g/mol. The van der Waals surface area contributed by atoms with E-state index in [2.05, 4.69) is 50.0 Å². The van der Waals surface area contributed by atoms with Crippen LogP contribution in [0.1, 0.15) is 25.3 Å². The molecular weight excluding hydrogens is 216 g/mol. The maximum absolute atomic E-state index is 9.60. The standard InChI is InChI=1S/C14H18OS/c1-3-4-5-6-13(15)11-16-14-9-7-12(2)8-10-14/h7-10,13,15H,3-4,11H2,1-2H3/t13-/m0/s1. The van der Waals surface area contributed by atoms with Gasteiger partial charge in [-0.1, -0.05) is 30.5 Å². The summed E-state index contributed by atoms with van der Waals surface area (Å²) in [6, 6.07) is 8.31. The minimum atomic E-state index is -0.516. The molecule has 0 unspecified atom stereocenters. The summed E-state index contributed by atoms with van der Waals surface area (Å²) in [6.45, 7) is 4.15. The van der Waals surface area contributed by atoms with Gasteiger partial charge in [0.15, 0.2) is 0 Å². The first-order chi connectivity index (χ1) is 7.72. The Bertz CT molecular complexity index is 359. The molecular formula is C14H18OS. The maximum Gasteiger partial charge on any atom is 0.124 e. The van der Waals surface area contributed by atoms with Crippen LogP contribution >= 0.6 is 11.8 Å². The number of aliphatic hydroxyl groups is 1. The molecule has 0 radical (unpaired) electrons. The zero-order valence-corrected chi connectivity index (χ0v) is 10.7. The van der Waals surface area contributed by atoms with E-state index in [0.717, 1.165) is 12.8 Å². The SMILES string of the molecule is CCCC#C[C@H](O)CSc1ccc(C)cc1. The van der Waals surface area contributed by atoms with Crippen molar-refractivity contribution in [1.29, 1.82) is 0 Å². The monoisotopic (exact) mass is 234 g/mol. The molecule has 1 aromatic carbocycles. The molecule has 0 bridgehead atoms. The number of thioether (sulfide) groups is 1. The molecule has 1 rings (SSSR count). The van der Waals surface area contributed by atoms with Crippen LogP contribution in [-0.2, 0) is 0 Å². The van der Waals surface area contributed by atoms with E-state index in [4.69, 9.17) is 0 Å². The van der Waals surface area contributed by atoms with E-state index in [-0.39, 0.29) is 0 Å². The Balaban J connectivity index is 2.35. The summed E-state index contributed by atoms with van der Waals surface area (Å²) in [5.74, 6) is 6.46. The molecule has 16 heavy (non-hydrogen) atoms. The molecule has 86 valence electrons. The van der Waals surface area contributed by atoms with Gasteiger partial charge in [-0.05, 0) is 25.5 Å². The van der Waals surface area contributed by atoms with Crippen LogP contribution in [0.25, 0.3) is 0 Å². The fraction of sp³-hybridized carbons (Fsp3) is 0.429. The number of aryl methyl sites for hydroxylation is 1. The zero-order valence-electron chi connectivity index (χ0n) is 9.86. The second kappa shape index (κ2) is 7.38. The first-order valence-corrected chi connectivity index (χ1v) is 6.57. The van der Waals surface area contributed by atoms with E-state index in [1.807, 2.05) is 0 Å². The van der Waals surface area contributed by atoms with E-state index >= 15 is 0 Å². The molecule has 0 aliphatic rings. The highest BCUT2D eigenvalue weighted by Crippen LogP contribution is 2.18. The largest absolute Gasteiger partial charge is 0.379 e. The maximum atomic E-state index is 9.60. The van der Waals surface area contributed by atoms with Crippen LogP contribution in [0.15, 0.2) is 29.2 Å². The van der Waals surface area contributed by atoms with Crippen molar-refractivity contribution in [2.24, 2.45) is 0 Å². The fourth-order valence-electron chi connectivity index (χ4n) is 1.17. The van der Waals surface area contributed by atoms with E-state index < -0.39 is 6.10 Å². The Labute approximate surface area is 102 Å². The van der Waals surface area contributed by atoms with Gasteiger partial charge in [0.1, 0.15) is 6.10 Å². The van der Waals surface area contributed by atoms with Gasteiger partial charge in [0.05, 0.1) is 0 Å². The van der Waals surface area contributed by atoms with Crippen molar-refractivity contribution in [2.75, 3.05) is 5.75 Å². The minimum Gasteiger partial charge on any atom is -0.379 e. The van der Waals surface area contributed by atoms with E-state index in [1.165, 1.54) is 10.5 Å². The molecule has 0 spiro atoms. The molecule has 0 aliphatic heterocycles. The zero-order chi connectivity index (χ0) is 11.8. The van der Waals surface area contributed by atoms with Crippen molar-refractivity contribution >= 4 is 11.8 Å². The second-order valence-electron chi connectivity index (χ2n) is 3.71. The van der Waals surface area contributed by atoms with Crippen LogP contribution in [-0.4, -0.2) is 17.0 Å². The summed E-state index contributed by atoms with van der Waals surface area (Å²) < 4.78 is 0. The van der Waals surface area contributed by atoms with Gasteiger partial charge >= 0.3 is 0 Å². The second-order valence-corrected chi connectivity index (χ2v) is 4.80. The van der Waals surface area contributed by atoms with Gasteiger partial charge in [-0.25, -0.2) is 0 Å². The first kappa shape index (κ1) is 13.2. The lowest BCUT2D eigenvalue weighted by Gasteiger charge is -2.03. The van der Waals surface area contributed by atoms with E-state index in [9.17, 15) is 5.11 Å². The van der Waals surface area contributed by atoms with Crippen LogP contribution in [0.5, 0.6) is 0 Å². The number of unbranched alkanes of at least 4 members (excludes halogenated alkanes) is 1. The Kier molecular flexibility index (Phi) is 6.07. The molecule has 0 saturated heterocycles. The molecule has 0 fully saturated rings. The van der Waals surface area contributed by atoms with Crippen LogP contribution < -0.4 is 0 Å². The molecule has 1 atom stereocenters. The molecule has 1 N–H and O–H groups in total. The third-order valence-electron chi connectivity index (χ3n) is 2.07. The van der Waals surface area contributed by atoms with Gasteiger partial charge in [0.25, 0.3) is 0 Å². The summed E-state index contributed by atoms with van der Waals surface area (Å²) in [5.41, 5.74) is 1.26. The number of aliphatic hydroxyl groups excluding tert-OH is 1. The van der Waals surface area contributed by atoms with Crippen LogP contribution in [0.2, 0.25) is 0 Å². The molecule has 0 amide bonds. The molecule has 2 heteroatoms. The summed E-state index contributed by atoms with van der Waals surface area (Å²) in [7, 11) is 0. The molecule has 0 aliphatic carbocycles. The smallest absolute Gasteiger partial charge is 0.124 e. The normalized spacial score (nSPS) is 11.7. The van der Waals surface area contributed by atoms with Gasteiger partial charge in [-0.3, -0.25) is 0 Å². The Morgan fingerprint density at radius 3 is 2.62 bits per heavy atom. The molecule has 0 aromatic heterocycles. The van der Waals surface area contributed by atoms with Crippen LogP contribution in [0.4, 0.5) is 0 Å². The minimum absolute atomic E-state index is 0.516. The lowest BCUT2D eigenvalue weighted by molar-refractivity contribution is 0.258. The van der Waals surface area contributed by atoms with Gasteiger partial charge in [-0.2, -0.15) is 0 Å². The van der Waals surface area contributed by atoms with Gasteiger partial charge < -0.3 is 5.11 Å². The highest BCUT2D eigenvalue weighted by atomic mass is 32.2. The topological polar surface area (TPSA) is 20.2 Å². The molecule has 0 saturated carbocycles. The Morgan fingerprint density at radius 2 is 2.00 bits per heavy atom. The summed E-state index contributed by atoms with van der Waals surface area (Å²) in [6.07, 6.45) is 1.40. The lowest BCUT2D eigenvalue weighted by Crippen LogP contribution is -2.05. The number of hydrogen-bond acceptors (Lipinski definition) is 2. The third-order valence-corrected chi connectivity index (χ3v) is 3.16. The van der Waals surface area contributed by atoms with Crippen molar-refractivity contribution in [2.45, 2.75) is 37.7 Å². The average Bonchev–Trinajstić information content (AvgIpc) is 2.29. The molecule has 1 aromatic rings.